The number of aromatic nitrogens is 5. The molecule has 4 rings (SSSR count). The largest absolute Gasteiger partial charge is 0.364 e. The second-order valence-electron chi connectivity index (χ2n) is 5.86. The molecule has 124 valence electrons. The lowest BCUT2D eigenvalue weighted by atomic mass is 10.2. The topological polar surface area (TPSA) is 92.4 Å². The van der Waals surface area contributed by atoms with Gasteiger partial charge in [0, 0.05) is 44.8 Å². The first-order valence-electron chi connectivity index (χ1n) is 7.79. The van der Waals surface area contributed by atoms with E-state index < -0.39 is 0 Å². The molecule has 1 aliphatic heterocycles. The average molecular weight is 326 g/mol. The molecular formula is C15H18N8O. The van der Waals surface area contributed by atoms with Crippen LogP contribution in [0.25, 0.3) is 5.65 Å². The number of carbonyl (C=O) groups excluding carboxylic acids is 1. The van der Waals surface area contributed by atoms with E-state index in [1.807, 2.05) is 25.4 Å². The molecule has 3 aromatic rings. The number of fused-ring (bicyclic) bond motifs is 1. The Morgan fingerprint density at radius 2 is 2.29 bits per heavy atom. The zero-order valence-corrected chi connectivity index (χ0v) is 13.3. The Balaban J connectivity index is 1.36. The lowest BCUT2D eigenvalue weighted by Gasteiger charge is -2.17. The summed E-state index contributed by atoms with van der Waals surface area (Å²) in [5, 5.41) is 14.7. The molecule has 0 spiro atoms. The van der Waals surface area contributed by atoms with Crippen LogP contribution < -0.4 is 10.6 Å². The normalized spacial score (nSPS) is 17.4. The van der Waals surface area contributed by atoms with E-state index in [4.69, 9.17) is 0 Å². The van der Waals surface area contributed by atoms with Crippen LogP contribution in [0.2, 0.25) is 0 Å². The number of hydrogen-bond donors (Lipinski definition) is 2. The second kappa shape index (κ2) is 5.84. The Bertz CT molecular complexity index is 869. The predicted octanol–water partition coefficient (Wildman–Crippen LogP) is 1.18. The van der Waals surface area contributed by atoms with Crippen molar-refractivity contribution in [3.63, 3.8) is 0 Å². The number of aryl methyl sites for hydroxylation is 1. The van der Waals surface area contributed by atoms with Crippen LogP contribution in [0.1, 0.15) is 6.42 Å². The quantitative estimate of drug-likeness (QED) is 0.754. The Kier molecular flexibility index (Phi) is 3.52. The molecule has 2 amide bonds. The molecule has 9 nitrogen and oxygen atoms in total. The first-order chi connectivity index (χ1) is 11.7. The van der Waals surface area contributed by atoms with Crippen LogP contribution in [0.3, 0.4) is 0 Å². The van der Waals surface area contributed by atoms with Crippen molar-refractivity contribution in [2.75, 3.05) is 23.7 Å². The van der Waals surface area contributed by atoms with Crippen LogP contribution in [-0.2, 0) is 7.05 Å². The van der Waals surface area contributed by atoms with Crippen molar-refractivity contribution in [3.8, 4) is 0 Å². The molecule has 1 aliphatic rings. The Hall–Kier alpha value is -3.10. The maximum absolute atomic E-state index is 12.3. The number of rotatable bonds is 3. The molecular weight excluding hydrogens is 308 g/mol. The van der Waals surface area contributed by atoms with E-state index >= 15 is 0 Å². The molecule has 0 radical (unpaired) electrons. The molecule has 1 fully saturated rings. The predicted molar refractivity (Wildman–Crippen MR) is 88.8 cm³/mol. The summed E-state index contributed by atoms with van der Waals surface area (Å²) in [5.41, 5.74) is 1.51. The fourth-order valence-corrected chi connectivity index (χ4v) is 2.85. The minimum absolute atomic E-state index is 0.106. The molecule has 0 aliphatic carbocycles. The van der Waals surface area contributed by atoms with Crippen molar-refractivity contribution < 1.29 is 4.79 Å². The van der Waals surface area contributed by atoms with Gasteiger partial charge in [0.2, 0.25) is 0 Å². The van der Waals surface area contributed by atoms with Crippen molar-refractivity contribution in [2.24, 2.45) is 7.05 Å². The number of imidazole rings is 1. The monoisotopic (exact) mass is 326 g/mol. The molecule has 0 aromatic carbocycles. The fraction of sp³-hybridized carbons (Fsp3) is 0.333. The van der Waals surface area contributed by atoms with Crippen molar-refractivity contribution in [1.82, 2.24) is 29.3 Å². The molecule has 0 unspecified atom stereocenters. The van der Waals surface area contributed by atoms with E-state index in [1.54, 1.807) is 32.7 Å². The number of carbonyl (C=O) groups is 1. The summed E-state index contributed by atoms with van der Waals surface area (Å²) >= 11 is 0. The first-order valence-corrected chi connectivity index (χ1v) is 7.79. The summed E-state index contributed by atoms with van der Waals surface area (Å²) < 4.78 is 3.38. The van der Waals surface area contributed by atoms with Gasteiger partial charge in [-0.1, -0.05) is 0 Å². The summed E-state index contributed by atoms with van der Waals surface area (Å²) in [7, 11) is 1.82. The summed E-state index contributed by atoms with van der Waals surface area (Å²) in [6.45, 7) is 1.34. The van der Waals surface area contributed by atoms with Gasteiger partial charge in [-0.25, -0.2) is 14.3 Å². The minimum Gasteiger partial charge on any atom is -0.364 e. The van der Waals surface area contributed by atoms with E-state index in [9.17, 15) is 4.79 Å². The Labute approximate surface area is 138 Å². The van der Waals surface area contributed by atoms with Crippen LogP contribution in [0, 0.1) is 0 Å². The van der Waals surface area contributed by atoms with Gasteiger partial charge in [-0.05, 0) is 18.6 Å². The van der Waals surface area contributed by atoms with Gasteiger partial charge in [-0.3, -0.25) is 4.68 Å². The Morgan fingerprint density at radius 3 is 3.12 bits per heavy atom. The molecule has 9 heteroatoms. The number of nitrogens with zero attached hydrogens (tertiary/aromatic N) is 6. The van der Waals surface area contributed by atoms with Gasteiger partial charge in [0.1, 0.15) is 5.82 Å². The van der Waals surface area contributed by atoms with Crippen molar-refractivity contribution >= 4 is 23.2 Å². The third kappa shape index (κ3) is 2.87. The van der Waals surface area contributed by atoms with Gasteiger partial charge in [0.05, 0.1) is 11.9 Å². The lowest BCUT2D eigenvalue weighted by Crippen LogP contribution is -2.35. The molecule has 4 heterocycles. The zero-order chi connectivity index (χ0) is 16.5. The smallest absolute Gasteiger partial charge is 0.322 e. The van der Waals surface area contributed by atoms with Gasteiger partial charge >= 0.3 is 6.03 Å². The third-order valence-corrected chi connectivity index (χ3v) is 4.04. The number of urea groups is 1. The number of anilines is 2. The fourth-order valence-electron chi connectivity index (χ4n) is 2.85. The molecule has 0 saturated carbocycles. The summed E-state index contributed by atoms with van der Waals surface area (Å²) in [4.78, 5) is 18.2. The van der Waals surface area contributed by atoms with Gasteiger partial charge in [-0.2, -0.15) is 5.10 Å². The highest BCUT2D eigenvalue weighted by Crippen LogP contribution is 2.16. The van der Waals surface area contributed by atoms with E-state index in [-0.39, 0.29) is 12.1 Å². The molecule has 2 N–H and O–H groups in total. The maximum Gasteiger partial charge on any atom is 0.322 e. The third-order valence-electron chi connectivity index (χ3n) is 4.04. The molecule has 1 saturated heterocycles. The van der Waals surface area contributed by atoms with E-state index in [0.29, 0.717) is 18.8 Å². The minimum atomic E-state index is -0.106. The number of likely N-dealkylation sites (tertiary alicyclic amines) is 1. The van der Waals surface area contributed by atoms with Crippen molar-refractivity contribution in [3.05, 3.63) is 36.9 Å². The zero-order valence-electron chi connectivity index (χ0n) is 13.3. The number of amides is 2. The van der Waals surface area contributed by atoms with Gasteiger partial charge < -0.3 is 15.5 Å². The first kappa shape index (κ1) is 14.5. The summed E-state index contributed by atoms with van der Waals surface area (Å²) in [6.07, 6.45) is 7.81. The van der Waals surface area contributed by atoms with Crippen molar-refractivity contribution in [2.45, 2.75) is 12.5 Å². The highest BCUT2D eigenvalue weighted by atomic mass is 16.2. The van der Waals surface area contributed by atoms with Crippen LogP contribution in [0.4, 0.5) is 16.3 Å². The van der Waals surface area contributed by atoms with E-state index in [1.165, 1.54) is 0 Å². The standard InChI is InChI=1S/C15H18N8O/c1-21-9-12(8-17-21)19-15(24)22-6-4-11(10-22)18-13-2-3-14-16-5-7-23(14)20-13/h2-3,5,7-9,11H,4,6,10H2,1H3,(H,18,20)(H,19,24)/t11-/m1/s1. The number of hydrogen-bond acceptors (Lipinski definition) is 5. The van der Waals surface area contributed by atoms with E-state index in [2.05, 4.69) is 25.8 Å². The highest BCUT2D eigenvalue weighted by molar-refractivity contribution is 5.89. The molecule has 0 bridgehead atoms. The van der Waals surface area contributed by atoms with Crippen LogP contribution >= 0.6 is 0 Å². The summed E-state index contributed by atoms with van der Waals surface area (Å²) in [6, 6.07) is 3.89. The summed E-state index contributed by atoms with van der Waals surface area (Å²) in [5.74, 6) is 0.778. The molecule has 1 atom stereocenters. The molecule has 3 aromatic heterocycles. The number of nitrogens with one attached hydrogen (secondary N) is 2. The van der Waals surface area contributed by atoms with Crippen LogP contribution in [0.15, 0.2) is 36.9 Å². The van der Waals surface area contributed by atoms with Crippen molar-refractivity contribution in [1.29, 1.82) is 0 Å². The second-order valence-corrected chi connectivity index (χ2v) is 5.86. The molecule has 24 heavy (non-hydrogen) atoms. The SMILES string of the molecule is Cn1cc(NC(=O)N2CC[C@@H](Nc3ccc4nccn4n3)C2)cn1. The van der Waals surface area contributed by atoms with Gasteiger partial charge in [0.25, 0.3) is 0 Å². The van der Waals surface area contributed by atoms with Gasteiger partial charge in [-0.15, -0.1) is 5.10 Å². The van der Waals surface area contributed by atoms with Crippen LogP contribution in [-0.4, -0.2) is 54.4 Å². The highest BCUT2D eigenvalue weighted by Gasteiger charge is 2.26. The van der Waals surface area contributed by atoms with Crippen LogP contribution in [0.5, 0.6) is 0 Å². The van der Waals surface area contributed by atoms with E-state index in [0.717, 1.165) is 17.9 Å². The van der Waals surface area contributed by atoms with Gasteiger partial charge in [0.15, 0.2) is 5.65 Å². The Morgan fingerprint density at radius 1 is 1.38 bits per heavy atom. The maximum atomic E-state index is 12.3. The lowest BCUT2D eigenvalue weighted by molar-refractivity contribution is 0.222. The average Bonchev–Trinajstić information content (AvgIpc) is 3.28.